The van der Waals surface area contributed by atoms with Crippen LogP contribution >= 0.6 is 0 Å². The minimum atomic E-state index is -3.59. The zero-order valence-electron chi connectivity index (χ0n) is 20.3. The van der Waals surface area contributed by atoms with Crippen LogP contribution in [0.1, 0.15) is 17.2 Å². The molecule has 37 heavy (non-hydrogen) atoms. The Morgan fingerprint density at radius 1 is 0.946 bits per heavy atom. The SMILES string of the molecule is CS(=O)(=O)Nc1cc([C@@H](O)CNC(CO)Cc2ccc(Oc3cccc4ccccc34)cc2)ccc1O. The predicted octanol–water partition coefficient (Wildman–Crippen LogP) is 3.94. The van der Waals surface area contributed by atoms with Gasteiger partial charge in [0.25, 0.3) is 0 Å². The molecular weight excluding hydrogens is 492 g/mol. The van der Waals surface area contributed by atoms with Gasteiger partial charge in [0, 0.05) is 18.0 Å². The topological polar surface area (TPSA) is 128 Å². The Hall–Kier alpha value is -3.63. The van der Waals surface area contributed by atoms with Crippen molar-refractivity contribution < 1.29 is 28.5 Å². The van der Waals surface area contributed by atoms with Crippen molar-refractivity contribution >= 4 is 26.5 Å². The first-order valence-corrected chi connectivity index (χ1v) is 13.7. The number of aliphatic hydroxyl groups excluding tert-OH is 2. The lowest BCUT2D eigenvalue weighted by Gasteiger charge is -2.20. The zero-order valence-corrected chi connectivity index (χ0v) is 21.2. The lowest BCUT2D eigenvalue weighted by atomic mass is 10.0. The maximum Gasteiger partial charge on any atom is 0.229 e. The first-order chi connectivity index (χ1) is 17.7. The molecule has 0 amide bonds. The minimum Gasteiger partial charge on any atom is -0.506 e. The summed E-state index contributed by atoms with van der Waals surface area (Å²) in [4.78, 5) is 0. The second-order valence-corrected chi connectivity index (χ2v) is 10.6. The van der Waals surface area contributed by atoms with E-state index in [1.807, 2.05) is 66.7 Å². The number of nitrogens with one attached hydrogen (secondary N) is 2. The average Bonchev–Trinajstić information content (AvgIpc) is 2.88. The van der Waals surface area contributed by atoms with E-state index < -0.39 is 16.1 Å². The summed E-state index contributed by atoms with van der Waals surface area (Å²) < 4.78 is 31.3. The molecule has 4 aromatic rings. The number of aromatic hydroxyl groups is 1. The number of hydrogen-bond acceptors (Lipinski definition) is 7. The van der Waals surface area contributed by atoms with Crippen molar-refractivity contribution in [1.29, 1.82) is 0 Å². The maximum atomic E-state index is 11.5. The third-order valence-corrected chi connectivity index (χ3v) is 6.49. The highest BCUT2D eigenvalue weighted by Gasteiger charge is 2.16. The molecule has 0 aliphatic heterocycles. The summed E-state index contributed by atoms with van der Waals surface area (Å²) in [5.74, 6) is 1.24. The lowest BCUT2D eigenvalue weighted by Crippen LogP contribution is -2.37. The van der Waals surface area contributed by atoms with Crippen LogP contribution in [0, 0.1) is 0 Å². The van der Waals surface area contributed by atoms with Crippen LogP contribution in [0.5, 0.6) is 17.2 Å². The van der Waals surface area contributed by atoms with Crippen molar-refractivity contribution in [3.63, 3.8) is 0 Å². The summed E-state index contributed by atoms with van der Waals surface area (Å²) in [5.41, 5.74) is 1.39. The molecule has 0 spiro atoms. The van der Waals surface area contributed by atoms with Gasteiger partial charge in [-0.1, -0.05) is 54.6 Å². The molecule has 2 atom stereocenters. The molecule has 1 unspecified atom stereocenters. The first kappa shape index (κ1) is 26.4. The predicted molar refractivity (Wildman–Crippen MR) is 145 cm³/mol. The third-order valence-electron chi connectivity index (χ3n) is 5.90. The van der Waals surface area contributed by atoms with Gasteiger partial charge in [0.05, 0.1) is 24.7 Å². The Balaban J connectivity index is 1.35. The standard InChI is InChI=1S/C28H30N2O6S/c1-37(34,35)30-25-16-21(11-14-26(25)32)27(33)17-29-22(18-31)15-19-9-12-23(13-10-19)36-28-8-4-6-20-5-2-3-7-24(20)28/h2-14,16,22,27,29-33H,15,17-18H2,1H3/t22?,27-/m0/s1. The normalized spacial score (nSPS) is 13.3. The third kappa shape index (κ3) is 7.21. The van der Waals surface area contributed by atoms with Gasteiger partial charge < -0.3 is 25.4 Å². The largest absolute Gasteiger partial charge is 0.506 e. The fraction of sp³-hybridized carbons (Fsp3) is 0.214. The molecule has 4 aromatic carbocycles. The van der Waals surface area contributed by atoms with Gasteiger partial charge in [0.2, 0.25) is 10.0 Å². The van der Waals surface area contributed by atoms with E-state index in [4.69, 9.17) is 4.74 Å². The number of anilines is 1. The second kappa shape index (κ2) is 11.6. The van der Waals surface area contributed by atoms with Gasteiger partial charge in [-0.3, -0.25) is 4.72 Å². The van der Waals surface area contributed by atoms with Gasteiger partial charge >= 0.3 is 0 Å². The quantitative estimate of drug-likeness (QED) is 0.189. The molecule has 0 heterocycles. The van der Waals surface area contributed by atoms with Crippen molar-refractivity contribution in [3.05, 3.63) is 96.1 Å². The summed E-state index contributed by atoms with van der Waals surface area (Å²) >= 11 is 0. The van der Waals surface area contributed by atoms with Gasteiger partial charge in [0.15, 0.2) is 0 Å². The van der Waals surface area contributed by atoms with Crippen LogP contribution in [0.4, 0.5) is 5.69 Å². The summed E-state index contributed by atoms with van der Waals surface area (Å²) in [6, 6.07) is 25.5. The molecule has 0 bridgehead atoms. The number of aliphatic hydroxyl groups is 2. The summed E-state index contributed by atoms with van der Waals surface area (Å²) in [6.07, 6.45) is 0.519. The van der Waals surface area contributed by atoms with Crippen LogP contribution in [-0.4, -0.2) is 49.2 Å². The molecule has 0 saturated heterocycles. The molecule has 0 fully saturated rings. The molecular formula is C28H30N2O6S. The molecule has 5 N–H and O–H groups in total. The Kier molecular flexibility index (Phi) is 8.30. The van der Waals surface area contributed by atoms with Crippen LogP contribution in [-0.2, 0) is 16.4 Å². The molecule has 4 rings (SSSR count). The van der Waals surface area contributed by atoms with Crippen molar-refractivity contribution in [2.45, 2.75) is 18.6 Å². The van der Waals surface area contributed by atoms with Gasteiger partial charge in [-0.2, -0.15) is 0 Å². The Morgan fingerprint density at radius 2 is 1.68 bits per heavy atom. The number of fused-ring (bicyclic) bond motifs is 1. The number of phenols is 1. The molecule has 0 radical (unpaired) electrons. The van der Waals surface area contributed by atoms with Crippen molar-refractivity contribution in [3.8, 4) is 17.2 Å². The van der Waals surface area contributed by atoms with Gasteiger partial charge in [-0.15, -0.1) is 0 Å². The Labute approximate surface area is 216 Å². The number of ether oxygens (including phenoxy) is 1. The zero-order chi connectivity index (χ0) is 26.4. The number of sulfonamides is 1. The van der Waals surface area contributed by atoms with Crippen molar-refractivity contribution in [2.24, 2.45) is 0 Å². The van der Waals surface area contributed by atoms with E-state index in [1.165, 1.54) is 18.2 Å². The molecule has 0 aliphatic carbocycles. The van der Waals surface area contributed by atoms with Crippen LogP contribution < -0.4 is 14.8 Å². The fourth-order valence-electron chi connectivity index (χ4n) is 4.03. The number of rotatable bonds is 11. The van der Waals surface area contributed by atoms with E-state index in [0.717, 1.165) is 28.3 Å². The summed E-state index contributed by atoms with van der Waals surface area (Å²) in [7, 11) is -3.59. The molecule has 0 aromatic heterocycles. The molecule has 0 aliphatic rings. The van der Waals surface area contributed by atoms with Crippen molar-refractivity contribution in [1.82, 2.24) is 5.32 Å². The fourth-order valence-corrected chi connectivity index (χ4v) is 4.59. The molecule has 9 heteroatoms. The van der Waals surface area contributed by atoms with Crippen LogP contribution in [0.2, 0.25) is 0 Å². The van der Waals surface area contributed by atoms with E-state index in [0.29, 0.717) is 17.7 Å². The van der Waals surface area contributed by atoms with E-state index >= 15 is 0 Å². The van der Waals surface area contributed by atoms with Gasteiger partial charge in [0.1, 0.15) is 17.2 Å². The van der Waals surface area contributed by atoms with Crippen LogP contribution in [0.25, 0.3) is 10.8 Å². The first-order valence-electron chi connectivity index (χ1n) is 11.8. The molecule has 0 saturated carbocycles. The van der Waals surface area contributed by atoms with E-state index in [2.05, 4.69) is 10.0 Å². The summed E-state index contributed by atoms with van der Waals surface area (Å²) in [5, 5.41) is 35.6. The molecule has 8 nitrogen and oxygen atoms in total. The minimum absolute atomic E-state index is 0.0106. The van der Waals surface area contributed by atoms with Crippen LogP contribution in [0.3, 0.4) is 0 Å². The Bertz CT molecular complexity index is 1450. The van der Waals surface area contributed by atoms with E-state index in [1.54, 1.807) is 0 Å². The highest BCUT2D eigenvalue weighted by molar-refractivity contribution is 7.92. The van der Waals surface area contributed by atoms with E-state index in [-0.39, 0.29) is 30.6 Å². The highest BCUT2D eigenvalue weighted by atomic mass is 32.2. The lowest BCUT2D eigenvalue weighted by molar-refractivity contribution is 0.158. The number of benzene rings is 4. The maximum absolute atomic E-state index is 11.5. The summed E-state index contributed by atoms with van der Waals surface area (Å²) in [6.45, 7) is -0.0198. The van der Waals surface area contributed by atoms with Crippen molar-refractivity contribution in [2.75, 3.05) is 24.1 Å². The highest BCUT2D eigenvalue weighted by Crippen LogP contribution is 2.30. The smallest absolute Gasteiger partial charge is 0.229 e. The van der Waals surface area contributed by atoms with Gasteiger partial charge in [-0.05, 0) is 53.3 Å². The average molecular weight is 523 g/mol. The second-order valence-electron chi connectivity index (χ2n) is 8.88. The van der Waals surface area contributed by atoms with E-state index in [9.17, 15) is 23.7 Å². The molecule has 194 valence electrons. The number of hydrogen-bond donors (Lipinski definition) is 5. The Morgan fingerprint density at radius 3 is 2.41 bits per heavy atom. The number of phenolic OH excluding ortho intramolecular Hbond substituents is 1. The van der Waals surface area contributed by atoms with Gasteiger partial charge in [-0.25, -0.2) is 8.42 Å². The monoisotopic (exact) mass is 522 g/mol. The van der Waals surface area contributed by atoms with Crippen LogP contribution in [0.15, 0.2) is 84.9 Å².